The zero-order valence-electron chi connectivity index (χ0n) is 5.92. The van der Waals surface area contributed by atoms with Gasteiger partial charge in [-0.25, -0.2) is 0 Å². The van der Waals surface area contributed by atoms with Crippen LogP contribution in [-0.2, 0) is 6.42 Å². The number of aryl methyl sites for hydroxylation is 1. The third kappa shape index (κ3) is 1.42. The molecular formula is C9H9S. The van der Waals surface area contributed by atoms with Crippen molar-refractivity contribution in [1.82, 2.24) is 0 Å². The molecule has 0 spiro atoms. The van der Waals surface area contributed by atoms with E-state index in [2.05, 4.69) is 18.4 Å². The number of hydrogen-bond donors (Lipinski definition) is 0. The molecule has 0 heterocycles. The van der Waals surface area contributed by atoms with E-state index < -0.39 is 0 Å². The van der Waals surface area contributed by atoms with E-state index in [1.807, 2.05) is 18.2 Å². The van der Waals surface area contributed by atoms with E-state index in [0.717, 1.165) is 12.0 Å². The Morgan fingerprint density at radius 2 is 2.10 bits per heavy atom. The van der Waals surface area contributed by atoms with Gasteiger partial charge in [0, 0.05) is 0 Å². The van der Waals surface area contributed by atoms with Crippen molar-refractivity contribution in [2.24, 2.45) is 0 Å². The molecule has 0 aromatic heterocycles. The molecule has 1 heteroatoms. The lowest BCUT2D eigenvalue weighted by Gasteiger charge is -1.98. The molecule has 0 saturated heterocycles. The molecular weight excluding hydrogens is 140 g/mol. The van der Waals surface area contributed by atoms with Crippen LogP contribution in [0.5, 0.6) is 0 Å². The number of thiocarbonyl (C=S) groups is 1. The molecule has 1 rings (SSSR count). The lowest BCUT2D eigenvalue weighted by Crippen LogP contribution is -1.87. The van der Waals surface area contributed by atoms with Crippen molar-refractivity contribution in [3.05, 3.63) is 35.4 Å². The molecule has 0 aliphatic rings. The van der Waals surface area contributed by atoms with Gasteiger partial charge >= 0.3 is 0 Å². The summed E-state index contributed by atoms with van der Waals surface area (Å²) >= 11 is 4.72. The first-order chi connectivity index (χ1) is 4.88. The Labute approximate surface area is 66.9 Å². The zero-order valence-corrected chi connectivity index (χ0v) is 6.74. The summed E-state index contributed by atoms with van der Waals surface area (Å²) in [6.07, 6.45) is 1.03. The molecule has 0 atom stereocenters. The normalized spacial score (nSPS) is 9.30. The maximum atomic E-state index is 4.72. The molecule has 1 radical (unpaired) electrons. The average molecular weight is 149 g/mol. The molecule has 10 heavy (non-hydrogen) atoms. The Kier molecular flexibility index (Phi) is 2.57. The van der Waals surface area contributed by atoms with E-state index in [1.165, 1.54) is 5.56 Å². The van der Waals surface area contributed by atoms with Gasteiger partial charge in [0.15, 0.2) is 0 Å². The standard InChI is InChI=1S/C9H9S/c1-2-8-5-3-4-6-9(8)7-10/h3-6H,2H2,1H3. The summed E-state index contributed by atoms with van der Waals surface area (Å²) in [4.78, 5) is 0. The molecule has 1 aromatic carbocycles. The van der Waals surface area contributed by atoms with E-state index in [0.29, 0.717) is 0 Å². The highest BCUT2D eigenvalue weighted by atomic mass is 32.1. The Morgan fingerprint density at radius 3 is 2.60 bits per heavy atom. The quantitative estimate of drug-likeness (QED) is 0.582. The smallest absolute Gasteiger partial charge is 0.0639 e. The SMILES string of the molecule is CCc1ccccc1[C]=S. The number of rotatable bonds is 2. The number of hydrogen-bond acceptors (Lipinski definition) is 1. The van der Waals surface area contributed by atoms with Crippen LogP contribution >= 0.6 is 12.2 Å². The van der Waals surface area contributed by atoms with Crippen molar-refractivity contribution in [1.29, 1.82) is 0 Å². The first-order valence-electron chi connectivity index (χ1n) is 3.34. The molecule has 51 valence electrons. The van der Waals surface area contributed by atoms with Gasteiger partial charge < -0.3 is 0 Å². The maximum Gasteiger partial charge on any atom is 0.0639 e. The fraction of sp³-hybridized carbons (Fsp3) is 0.222. The van der Waals surface area contributed by atoms with Crippen molar-refractivity contribution >= 4 is 17.6 Å². The van der Waals surface area contributed by atoms with Gasteiger partial charge in [-0.1, -0.05) is 43.4 Å². The Bertz CT molecular complexity index is 228. The first-order valence-corrected chi connectivity index (χ1v) is 3.75. The van der Waals surface area contributed by atoms with Crippen molar-refractivity contribution in [2.75, 3.05) is 0 Å². The van der Waals surface area contributed by atoms with Crippen molar-refractivity contribution < 1.29 is 0 Å². The predicted molar refractivity (Wildman–Crippen MR) is 47.5 cm³/mol. The van der Waals surface area contributed by atoms with Crippen LogP contribution in [0.3, 0.4) is 0 Å². The van der Waals surface area contributed by atoms with Crippen LogP contribution in [0.1, 0.15) is 18.1 Å². The first kappa shape index (κ1) is 7.42. The fourth-order valence-corrected chi connectivity index (χ4v) is 1.13. The van der Waals surface area contributed by atoms with Crippen molar-refractivity contribution in [3.8, 4) is 0 Å². The van der Waals surface area contributed by atoms with Crippen LogP contribution < -0.4 is 0 Å². The maximum absolute atomic E-state index is 4.72. The van der Waals surface area contributed by atoms with Gasteiger partial charge in [0.2, 0.25) is 0 Å². The lowest BCUT2D eigenvalue weighted by atomic mass is 10.1. The second-order valence-corrected chi connectivity index (χ2v) is 2.32. The second-order valence-electron chi connectivity index (χ2n) is 2.11. The van der Waals surface area contributed by atoms with E-state index in [4.69, 9.17) is 12.2 Å². The van der Waals surface area contributed by atoms with Crippen LogP contribution in [0.15, 0.2) is 24.3 Å². The average Bonchev–Trinajstić information content (AvgIpc) is 2.04. The monoisotopic (exact) mass is 149 g/mol. The molecule has 0 saturated carbocycles. The predicted octanol–water partition coefficient (Wildman–Crippen LogP) is 2.47. The second kappa shape index (κ2) is 3.47. The topological polar surface area (TPSA) is 0 Å². The van der Waals surface area contributed by atoms with E-state index in [1.54, 1.807) is 0 Å². The van der Waals surface area contributed by atoms with Crippen LogP contribution in [0.2, 0.25) is 0 Å². The van der Waals surface area contributed by atoms with Crippen molar-refractivity contribution in [2.45, 2.75) is 13.3 Å². The highest BCUT2D eigenvalue weighted by Gasteiger charge is 1.93. The Hall–Kier alpha value is -0.690. The minimum absolute atomic E-state index is 1.03. The third-order valence-electron chi connectivity index (χ3n) is 1.51. The van der Waals surface area contributed by atoms with Gasteiger partial charge in [-0.3, -0.25) is 0 Å². The van der Waals surface area contributed by atoms with Gasteiger partial charge in [-0.05, 0) is 17.5 Å². The summed E-state index contributed by atoms with van der Waals surface area (Å²) in [5, 5.41) is 2.73. The highest BCUT2D eigenvalue weighted by Crippen LogP contribution is 2.06. The van der Waals surface area contributed by atoms with Crippen LogP contribution in [0.4, 0.5) is 0 Å². The summed E-state index contributed by atoms with van der Waals surface area (Å²) in [6, 6.07) is 8.07. The molecule has 0 amide bonds. The third-order valence-corrected chi connectivity index (χ3v) is 1.73. The Balaban J connectivity index is 3.08. The van der Waals surface area contributed by atoms with Gasteiger partial charge in [0.05, 0.1) is 5.37 Å². The van der Waals surface area contributed by atoms with Gasteiger partial charge in [0.1, 0.15) is 0 Å². The van der Waals surface area contributed by atoms with Gasteiger partial charge in [0.25, 0.3) is 0 Å². The van der Waals surface area contributed by atoms with E-state index in [-0.39, 0.29) is 0 Å². The summed E-state index contributed by atoms with van der Waals surface area (Å²) in [6.45, 7) is 2.12. The summed E-state index contributed by atoms with van der Waals surface area (Å²) in [7, 11) is 0. The minimum Gasteiger partial charge on any atom is -0.0778 e. The molecule has 0 N–H and O–H groups in total. The molecule has 0 nitrogen and oxygen atoms in total. The van der Waals surface area contributed by atoms with Crippen LogP contribution in [0.25, 0.3) is 0 Å². The highest BCUT2D eigenvalue weighted by molar-refractivity contribution is 7.79. The molecule has 1 aromatic rings. The van der Waals surface area contributed by atoms with Crippen molar-refractivity contribution in [3.63, 3.8) is 0 Å². The number of benzene rings is 1. The van der Waals surface area contributed by atoms with E-state index in [9.17, 15) is 0 Å². The van der Waals surface area contributed by atoms with Crippen LogP contribution in [-0.4, -0.2) is 5.37 Å². The van der Waals surface area contributed by atoms with Gasteiger partial charge in [-0.15, -0.1) is 0 Å². The fourth-order valence-electron chi connectivity index (χ4n) is 0.928. The minimum atomic E-state index is 1.03. The summed E-state index contributed by atoms with van der Waals surface area (Å²) in [5.74, 6) is 0. The van der Waals surface area contributed by atoms with Crippen LogP contribution in [0, 0.1) is 0 Å². The lowest BCUT2D eigenvalue weighted by molar-refractivity contribution is 1.14. The molecule has 0 aliphatic carbocycles. The molecule has 0 aliphatic heterocycles. The zero-order chi connectivity index (χ0) is 7.40. The molecule has 0 bridgehead atoms. The van der Waals surface area contributed by atoms with E-state index >= 15 is 0 Å². The molecule has 0 fully saturated rings. The van der Waals surface area contributed by atoms with Gasteiger partial charge in [-0.2, -0.15) is 0 Å². The summed E-state index contributed by atoms with van der Waals surface area (Å²) < 4.78 is 0. The molecule has 0 unspecified atom stereocenters. The largest absolute Gasteiger partial charge is 0.0778 e. The summed E-state index contributed by atoms with van der Waals surface area (Å²) in [5.41, 5.74) is 2.33. The Morgan fingerprint density at radius 1 is 1.40 bits per heavy atom.